The molecule has 1 atom stereocenters. The Hall–Kier alpha value is -0.820. The van der Waals surface area contributed by atoms with Gasteiger partial charge in [0, 0.05) is 12.5 Å². The van der Waals surface area contributed by atoms with E-state index in [4.69, 9.17) is 5.11 Å². The molecule has 0 saturated heterocycles. The zero-order valence-corrected chi connectivity index (χ0v) is 7.96. The number of rotatable bonds is 2. The van der Waals surface area contributed by atoms with Crippen LogP contribution in [0.1, 0.15) is 29.5 Å². The summed E-state index contributed by atoms with van der Waals surface area (Å²) >= 11 is 0. The summed E-state index contributed by atoms with van der Waals surface area (Å²) in [4.78, 5) is 0. The Morgan fingerprint density at radius 1 is 1.33 bits per heavy atom. The second-order valence-corrected chi connectivity index (χ2v) is 3.44. The number of hydrogen-bond donors (Lipinski definition) is 1. The van der Waals surface area contributed by atoms with Gasteiger partial charge in [0.2, 0.25) is 0 Å². The van der Waals surface area contributed by atoms with Crippen LogP contribution in [-0.4, -0.2) is 11.7 Å². The summed E-state index contributed by atoms with van der Waals surface area (Å²) in [6.07, 6.45) is 0. The third-order valence-corrected chi connectivity index (χ3v) is 2.23. The summed E-state index contributed by atoms with van der Waals surface area (Å²) in [5.74, 6) is 0.255. The highest BCUT2D eigenvalue weighted by Gasteiger charge is 2.05. The van der Waals surface area contributed by atoms with Gasteiger partial charge < -0.3 is 5.11 Å². The molecule has 66 valence electrons. The molecule has 0 aliphatic carbocycles. The molecule has 0 heterocycles. The molecule has 0 amide bonds. The summed E-state index contributed by atoms with van der Waals surface area (Å²) in [6.45, 7) is 6.44. The van der Waals surface area contributed by atoms with Gasteiger partial charge in [-0.2, -0.15) is 0 Å². The number of benzene rings is 1. The van der Waals surface area contributed by atoms with Gasteiger partial charge in [-0.3, -0.25) is 0 Å². The Morgan fingerprint density at radius 3 is 2.50 bits per heavy atom. The first-order valence-electron chi connectivity index (χ1n) is 4.33. The molecule has 0 fully saturated rings. The first kappa shape index (κ1) is 9.27. The average Bonchev–Trinajstić information content (AvgIpc) is 2.03. The summed E-state index contributed by atoms with van der Waals surface area (Å²) < 4.78 is 0. The summed E-state index contributed by atoms with van der Waals surface area (Å²) in [6, 6.07) is 6.35. The van der Waals surface area contributed by atoms with Crippen LogP contribution in [0.2, 0.25) is 0 Å². The predicted octanol–water partition coefficient (Wildman–Crippen LogP) is 2.40. The Labute approximate surface area is 74.1 Å². The summed E-state index contributed by atoms with van der Waals surface area (Å²) in [7, 11) is 0. The number of hydrogen-bond acceptors (Lipinski definition) is 1. The van der Waals surface area contributed by atoms with E-state index < -0.39 is 0 Å². The molecule has 0 aliphatic heterocycles. The Balaban J connectivity index is 3.01. The molecule has 0 bridgehead atoms. The molecule has 0 aliphatic rings. The van der Waals surface area contributed by atoms with Crippen molar-refractivity contribution in [3.63, 3.8) is 0 Å². The van der Waals surface area contributed by atoms with Crippen LogP contribution in [-0.2, 0) is 0 Å². The van der Waals surface area contributed by atoms with Crippen LogP contribution in [0.5, 0.6) is 0 Å². The molecule has 0 spiro atoms. The average molecular weight is 164 g/mol. The maximum atomic E-state index is 8.98. The van der Waals surface area contributed by atoms with Crippen molar-refractivity contribution in [2.45, 2.75) is 26.7 Å². The number of aliphatic hydroxyl groups is 1. The van der Waals surface area contributed by atoms with Crippen LogP contribution in [0.3, 0.4) is 0 Å². The van der Waals surface area contributed by atoms with E-state index in [-0.39, 0.29) is 12.5 Å². The van der Waals surface area contributed by atoms with Crippen LogP contribution in [0.25, 0.3) is 0 Å². The maximum absolute atomic E-state index is 8.98. The van der Waals surface area contributed by atoms with Crippen LogP contribution in [0.15, 0.2) is 18.2 Å². The van der Waals surface area contributed by atoms with Crippen molar-refractivity contribution in [3.05, 3.63) is 34.9 Å². The standard InChI is InChI=1S/C11H16O/c1-8-4-5-11(9(2)6-8)10(3)7-12/h4-6,10,12H,7H2,1-3H3. The van der Waals surface area contributed by atoms with Crippen molar-refractivity contribution in [1.82, 2.24) is 0 Å². The van der Waals surface area contributed by atoms with Gasteiger partial charge >= 0.3 is 0 Å². The van der Waals surface area contributed by atoms with Crippen molar-refractivity contribution in [1.29, 1.82) is 0 Å². The lowest BCUT2D eigenvalue weighted by Crippen LogP contribution is -2.01. The molecule has 1 N–H and O–H groups in total. The van der Waals surface area contributed by atoms with Crippen molar-refractivity contribution in [2.24, 2.45) is 0 Å². The smallest absolute Gasteiger partial charge is 0.0497 e. The van der Waals surface area contributed by atoms with Gasteiger partial charge in [0.1, 0.15) is 0 Å². The first-order chi connectivity index (χ1) is 5.65. The Kier molecular flexibility index (Phi) is 2.88. The monoisotopic (exact) mass is 164 g/mol. The van der Waals surface area contributed by atoms with E-state index in [1.165, 1.54) is 16.7 Å². The van der Waals surface area contributed by atoms with E-state index in [0.29, 0.717) is 0 Å². The van der Waals surface area contributed by atoms with E-state index in [0.717, 1.165) is 0 Å². The van der Waals surface area contributed by atoms with Gasteiger partial charge in [0.25, 0.3) is 0 Å². The van der Waals surface area contributed by atoms with Crippen molar-refractivity contribution in [2.75, 3.05) is 6.61 Å². The minimum atomic E-state index is 0.226. The molecule has 1 unspecified atom stereocenters. The zero-order chi connectivity index (χ0) is 9.14. The topological polar surface area (TPSA) is 20.2 Å². The minimum absolute atomic E-state index is 0.226. The Morgan fingerprint density at radius 2 is 2.00 bits per heavy atom. The predicted molar refractivity (Wildman–Crippen MR) is 51.4 cm³/mol. The highest BCUT2D eigenvalue weighted by molar-refractivity contribution is 5.32. The van der Waals surface area contributed by atoms with Gasteiger partial charge in [-0.25, -0.2) is 0 Å². The van der Waals surface area contributed by atoms with Gasteiger partial charge in [-0.05, 0) is 25.0 Å². The van der Waals surface area contributed by atoms with E-state index in [9.17, 15) is 0 Å². The lowest BCUT2D eigenvalue weighted by molar-refractivity contribution is 0.272. The molecule has 1 rings (SSSR count). The lowest BCUT2D eigenvalue weighted by Gasteiger charge is -2.11. The van der Waals surface area contributed by atoms with Gasteiger partial charge in [-0.1, -0.05) is 30.7 Å². The molecular weight excluding hydrogens is 148 g/mol. The SMILES string of the molecule is Cc1ccc(C(C)CO)c(C)c1. The molecule has 12 heavy (non-hydrogen) atoms. The second kappa shape index (κ2) is 3.72. The molecule has 1 aromatic carbocycles. The fourth-order valence-corrected chi connectivity index (χ4v) is 1.48. The first-order valence-corrected chi connectivity index (χ1v) is 4.33. The van der Waals surface area contributed by atoms with Crippen LogP contribution < -0.4 is 0 Å². The van der Waals surface area contributed by atoms with Crippen molar-refractivity contribution < 1.29 is 5.11 Å². The van der Waals surface area contributed by atoms with E-state index in [1.807, 2.05) is 6.92 Å². The lowest BCUT2D eigenvalue weighted by atomic mass is 9.96. The number of aryl methyl sites for hydroxylation is 2. The quantitative estimate of drug-likeness (QED) is 0.711. The molecule has 1 aromatic rings. The summed E-state index contributed by atoms with van der Waals surface area (Å²) in [5.41, 5.74) is 3.81. The number of aliphatic hydroxyl groups excluding tert-OH is 1. The van der Waals surface area contributed by atoms with Crippen LogP contribution in [0, 0.1) is 13.8 Å². The van der Waals surface area contributed by atoms with Crippen molar-refractivity contribution >= 4 is 0 Å². The van der Waals surface area contributed by atoms with Gasteiger partial charge in [0.15, 0.2) is 0 Å². The fourth-order valence-electron chi connectivity index (χ4n) is 1.48. The minimum Gasteiger partial charge on any atom is -0.396 e. The van der Waals surface area contributed by atoms with E-state index in [2.05, 4.69) is 32.0 Å². The van der Waals surface area contributed by atoms with Crippen LogP contribution >= 0.6 is 0 Å². The molecule has 1 heteroatoms. The summed E-state index contributed by atoms with van der Waals surface area (Å²) in [5, 5.41) is 8.98. The van der Waals surface area contributed by atoms with E-state index >= 15 is 0 Å². The molecule has 0 aromatic heterocycles. The fraction of sp³-hybridized carbons (Fsp3) is 0.455. The highest BCUT2D eigenvalue weighted by Crippen LogP contribution is 2.19. The highest BCUT2D eigenvalue weighted by atomic mass is 16.3. The third kappa shape index (κ3) is 1.86. The largest absolute Gasteiger partial charge is 0.396 e. The van der Waals surface area contributed by atoms with Gasteiger partial charge in [0.05, 0.1) is 0 Å². The molecule has 1 nitrogen and oxygen atoms in total. The van der Waals surface area contributed by atoms with Gasteiger partial charge in [-0.15, -0.1) is 0 Å². The van der Waals surface area contributed by atoms with E-state index in [1.54, 1.807) is 0 Å². The molecule has 0 radical (unpaired) electrons. The normalized spacial score (nSPS) is 13.0. The van der Waals surface area contributed by atoms with Crippen molar-refractivity contribution in [3.8, 4) is 0 Å². The van der Waals surface area contributed by atoms with Crippen LogP contribution in [0.4, 0.5) is 0 Å². The molecule has 0 saturated carbocycles. The Bertz CT molecular complexity index is 266. The zero-order valence-electron chi connectivity index (χ0n) is 7.96. The second-order valence-electron chi connectivity index (χ2n) is 3.44. The molecular formula is C11H16O. The third-order valence-electron chi connectivity index (χ3n) is 2.23. The maximum Gasteiger partial charge on any atom is 0.0497 e.